The lowest BCUT2D eigenvalue weighted by atomic mass is 9.72. The Hall–Kier alpha value is -1.31. The predicted octanol–water partition coefficient (Wildman–Crippen LogP) is 3.76. The predicted molar refractivity (Wildman–Crippen MR) is 80.3 cm³/mol. The zero-order chi connectivity index (χ0) is 12.1. The number of hydrogen-bond acceptors (Lipinski definition) is 1. The highest BCUT2D eigenvalue weighted by Gasteiger charge is 2.30. The lowest BCUT2D eigenvalue weighted by Gasteiger charge is -2.32. The van der Waals surface area contributed by atoms with Crippen LogP contribution in [0.1, 0.15) is 24.5 Å². The van der Waals surface area contributed by atoms with Gasteiger partial charge in [-0.1, -0.05) is 67.6 Å². The molecule has 0 bridgehead atoms. The van der Waals surface area contributed by atoms with Gasteiger partial charge in [-0.15, -0.1) is 12.4 Å². The van der Waals surface area contributed by atoms with Crippen LogP contribution in [0.15, 0.2) is 60.7 Å². The second-order valence-electron chi connectivity index (χ2n) is 4.37. The van der Waals surface area contributed by atoms with Crippen LogP contribution in [0.2, 0.25) is 0 Å². The molecule has 0 aromatic heterocycles. The molecule has 2 aromatic rings. The van der Waals surface area contributed by atoms with Gasteiger partial charge < -0.3 is 5.73 Å². The Kier molecular flexibility index (Phi) is 5.39. The molecule has 0 aliphatic heterocycles. The van der Waals surface area contributed by atoms with Crippen LogP contribution in [0.25, 0.3) is 0 Å². The van der Waals surface area contributed by atoms with Gasteiger partial charge in [0.2, 0.25) is 0 Å². The van der Waals surface area contributed by atoms with Crippen LogP contribution in [-0.4, -0.2) is 6.54 Å². The minimum Gasteiger partial charge on any atom is -0.329 e. The molecule has 18 heavy (non-hydrogen) atoms. The summed E-state index contributed by atoms with van der Waals surface area (Å²) in [4.78, 5) is 0. The summed E-state index contributed by atoms with van der Waals surface area (Å²) in [5, 5.41) is 0. The van der Waals surface area contributed by atoms with Crippen LogP contribution >= 0.6 is 12.4 Å². The first-order valence-corrected chi connectivity index (χ1v) is 6.14. The average Bonchev–Trinajstić information content (AvgIpc) is 2.43. The fourth-order valence-electron chi connectivity index (χ4n) is 2.47. The normalized spacial score (nSPS) is 10.8. The first kappa shape index (κ1) is 14.7. The molecular weight excluding hydrogens is 242 g/mol. The second-order valence-corrected chi connectivity index (χ2v) is 4.37. The molecule has 1 nitrogen and oxygen atoms in total. The van der Waals surface area contributed by atoms with Crippen LogP contribution in [0.3, 0.4) is 0 Å². The molecule has 2 heteroatoms. The largest absolute Gasteiger partial charge is 0.329 e. The fraction of sp³-hybridized carbons (Fsp3) is 0.250. The Bertz CT molecular complexity index is 408. The van der Waals surface area contributed by atoms with E-state index in [1.54, 1.807) is 0 Å². The summed E-state index contributed by atoms with van der Waals surface area (Å²) in [5.41, 5.74) is 8.63. The highest BCUT2D eigenvalue weighted by Crippen LogP contribution is 2.34. The van der Waals surface area contributed by atoms with E-state index in [2.05, 4.69) is 55.5 Å². The molecule has 0 saturated heterocycles. The lowest BCUT2D eigenvalue weighted by molar-refractivity contribution is 0.507. The van der Waals surface area contributed by atoms with E-state index in [1.165, 1.54) is 11.1 Å². The second kappa shape index (κ2) is 6.58. The first-order valence-electron chi connectivity index (χ1n) is 6.14. The number of nitrogens with two attached hydrogens (primary N) is 1. The first-order chi connectivity index (χ1) is 8.33. The molecular formula is C16H20ClN. The summed E-state index contributed by atoms with van der Waals surface area (Å²) in [6.07, 6.45) is 1.01. The van der Waals surface area contributed by atoms with E-state index in [0.29, 0.717) is 6.54 Å². The van der Waals surface area contributed by atoms with Gasteiger partial charge in [0.05, 0.1) is 0 Å². The van der Waals surface area contributed by atoms with Crippen molar-refractivity contribution in [1.82, 2.24) is 0 Å². The zero-order valence-corrected chi connectivity index (χ0v) is 11.5. The molecule has 0 aliphatic carbocycles. The van der Waals surface area contributed by atoms with E-state index in [1.807, 2.05) is 12.1 Å². The van der Waals surface area contributed by atoms with Crippen LogP contribution in [0, 0.1) is 0 Å². The Morgan fingerprint density at radius 1 is 0.833 bits per heavy atom. The van der Waals surface area contributed by atoms with Crippen molar-refractivity contribution in [2.24, 2.45) is 5.73 Å². The SMILES string of the molecule is CCC(CN)(c1ccccc1)c1ccccc1.Cl. The van der Waals surface area contributed by atoms with Gasteiger partial charge in [-0.25, -0.2) is 0 Å². The third-order valence-electron chi connectivity index (χ3n) is 3.60. The molecule has 0 heterocycles. The number of rotatable bonds is 4. The summed E-state index contributed by atoms with van der Waals surface area (Å²) in [6, 6.07) is 21.1. The Morgan fingerprint density at radius 2 is 1.22 bits per heavy atom. The fourth-order valence-corrected chi connectivity index (χ4v) is 2.47. The van der Waals surface area contributed by atoms with Crippen LogP contribution < -0.4 is 5.73 Å². The average molecular weight is 262 g/mol. The zero-order valence-electron chi connectivity index (χ0n) is 10.7. The minimum atomic E-state index is -0.0531. The van der Waals surface area contributed by atoms with Crippen molar-refractivity contribution in [1.29, 1.82) is 0 Å². The molecule has 0 atom stereocenters. The quantitative estimate of drug-likeness (QED) is 0.891. The molecule has 2 aromatic carbocycles. The summed E-state index contributed by atoms with van der Waals surface area (Å²) in [7, 11) is 0. The highest BCUT2D eigenvalue weighted by atomic mass is 35.5. The number of benzene rings is 2. The molecule has 0 radical (unpaired) electrons. The molecule has 0 amide bonds. The van der Waals surface area contributed by atoms with E-state index in [4.69, 9.17) is 5.73 Å². The number of halogens is 1. The molecule has 0 saturated carbocycles. The van der Waals surface area contributed by atoms with Crippen molar-refractivity contribution >= 4 is 12.4 Å². The highest BCUT2D eigenvalue weighted by molar-refractivity contribution is 5.85. The van der Waals surface area contributed by atoms with Crippen molar-refractivity contribution in [2.75, 3.05) is 6.54 Å². The molecule has 2 rings (SSSR count). The van der Waals surface area contributed by atoms with Gasteiger partial charge in [0.15, 0.2) is 0 Å². The van der Waals surface area contributed by atoms with Crippen molar-refractivity contribution < 1.29 is 0 Å². The van der Waals surface area contributed by atoms with Gasteiger partial charge in [-0.2, -0.15) is 0 Å². The van der Waals surface area contributed by atoms with Gasteiger partial charge in [-0.3, -0.25) is 0 Å². The molecule has 2 N–H and O–H groups in total. The lowest BCUT2D eigenvalue weighted by Crippen LogP contribution is -2.35. The van der Waals surface area contributed by atoms with Gasteiger partial charge in [0, 0.05) is 12.0 Å². The van der Waals surface area contributed by atoms with E-state index < -0.39 is 0 Å². The molecule has 0 unspecified atom stereocenters. The summed E-state index contributed by atoms with van der Waals surface area (Å²) < 4.78 is 0. The van der Waals surface area contributed by atoms with Crippen molar-refractivity contribution in [3.8, 4) is 0 Å². The van der Waals surface area contributed by atoms with Crippen LogP contribution in [0.5, 0.6) is 0 Å². The molecule has 0 fully saturated rings. The number of hydrogen-bond donors (Lipinski definition) is 1. The maximum Gasteiger partial charge on any atom is 0.0322 e. The van der Waals surface area contributed by atoms with E-state index in [-0.39, 0.29) is 17.8 Å². The van der Waals surface area contributed by atoms with Crippen molar-refractivity contribution in [2.45, 2.75) is 18.8 Å². The standard InChI is InChI=1S/C16H19N.ClH/c1-2-16(13-17,14-9-5-3-6-10-14)15-11-7-4-8-12-15;/h3-12H,2,13,17H2,1H3;1H. The summed E-state index contributed by atoms with van der Waals surface area (Å²) >= 11 is 0. The van der Waals surface area contributed by atoms with E-state index >= 15 is 0 Å². The third kappa shape index (κ3) is 2.58. The minimum absolute atomic E-state index is 0. The molecule has 0 spiro atoms. The van der Waals surface area contributed by atoms with Crippen molar-refractivity contribution in [3.05, 3.63) is 71.8 Å². The van der Waals surface area contributed by atoms with Crippen molar-refractivity contribution in [3.63, 3.8) is 0 Å². The third-order valence-corrected chi connectivity index (χ3v) is 3.60. The summed E-state index contributed by atoms with van der Waals surface area (Å²) in [5.74, 6) is 0. The topological polar surface area (TPSA) is 26.0 Å². The van der Waals surface area contributed by atoms with Gasteiger partial charge in [0.25, 0.3) is 0 Å². The maximum atomic E-state index is 6.08. The van der Waals surface area contributed by atoms with Gasteiger partial charge in [-0.05, 0) is 17.5 Å². The van der Waals surface area contributed by atoms with Gasteiger partial charge in [0.1, 0.15) is 0 Å². The van der Waals surface area contributed by atoms with Crippen LogP contribution in [0.4, 0.5) is 0 Å². The Balaban J connectivity index is 0.00000162. The van der Waals surface area contributed by atoms with Crippen LogP contribution in [-0.2, 0) is 5.41 Å². The van der Waals surface area contributed by atoms with E-state index in [9.17, 15) is 0 Å². The Morgan fingerprint density at radius 3 is 1.50 bits per heavy atom. The Labute approximate surface area is 115 Å². The smallest absolute Gasteiger partial charge is 0.0322 e. The summed E-state index contributed by atoms with van der Waals surface area (Å²) in [6.45, 7) is 2.84. The monoisotopic (exact) mass is 261 g/mol. The van der Waals surface area contributed by atoms with E-state index in [0.717, 1.165) is 6.42 Å². The maximum absolute atomic E-state index is 6.08. The van der Waals surface area contributed by atoms with Gasteiger partial charge >= 0.3 is 0 Å². The molecule has 96 valence electrons. The molecule has 0 aliphatic rings.